The zero-order valence-corrected chi connectivity index (χ0v) is 13.6. The molecule has 6 nitrogen and oxygen atoms in total. The van der Waals surface area contributed by atoms with Gasteiger partial charge in [0.25, 0.3) is 0 Å². The van der Waals surface area contributed by atoms with Crippen molar-refractivity contribution in [1.82, 2.24) is 15.1 Å². The predicted molar refractivity (Wildman–Crippen MR) is 83.0 cm³/mol. The lowest BCUT2D eigenvalue weighted by atomic mass is 9.98. The van der Waals surface area contributed by atoms with Crippen LogP contribution in [-0.4, -0.2) is 59.7 Å². The first-order valence-electron chi connectivity index (χ1n) is 8.31. The van der Waals surface area contributed by atoms with Gasteiger partial charge in [-0.2, -0.15) is 0 Å². The average molecular weight is 309 g/mol. The number of hydrogen-bond donors (Lipinski definition) is 1. The number of likely N-dealkylation sites (tertiary alicyclic amines) is 2. The second kappa shape index (κ2) is 7.61. The molecule has 0 saturated carbocycles. The number of hydrogen-bond acceptors (Lipinski definition) is 3. The Labute approximate surface area is 132 Å². The minimum absolute atomic E-state index is 0.0324. The van der Waals surface area contributed by atoms with Crippen molar-refractivity contribution in [3.8, 4) is 0 Å². The van der Waals surface area contributed by atoms with Crippen LogP contribution in [-0.2, 0) is 14.4 Å². The Morgan fingerprint density at radius 3 is 2.41 bits per heavy atom. The maximum absolute atomic E-state index is 12.7. The SMILES string of the molecule is CC(=O)NCCC(=O)N1CCCC1C(=O)N1CCC(C)CC1. The summed E-state index contributed by atoms with van der Waals surface area (Å²) in [5.41, 5.74) is 0. The van der Waals surface area contributed by atoms with Gasteiger partial charge in [0, 0.05) is 39.5 Å². The second-order valence-electron chi connectivity index (χ2n) is 6.49. The lowest BCUT2D eigenvalue weighted by Gasteiger charge is -2.34. The number of amides is 3. The number of piperidine rings is 1. The van der Waals surface area contributed by atoms with Crippen LogP contribution in [0.1, 0.15) is 46.0 Å². The number of rotatable bonds is 4. The van der Waals surface area contributed by atoms with E-state index >= 15 is 0 Å². The Hall–Kier alpha value is -1.59. The van der Waals surface area contributed by atoms with E-state index in [1.54, 1.807) is 4.90 Å². The van der Waals surface area contributed by atoms with Gasteiger partial charge in [-0.15, -0.1) is 0 Å². The smallest absolute Gasteiger partial charge is 0.245 e. The molecule has 2 aliphatic heterocycles. The minimum Gasteiger partial charge on any atom is -0.356 e. The van der Waals surface area contributed by atoms with Crippen LogP contribution in [0.25, 0.3) is 0 Å². The maximum atomic E-state index is 12.7. The highest BCUT2D eigenvalue weighted by Crippen LogP contribution is 2.23. The van der Waals surface area contributed by atoms with E-state index < -0.39 is 0 Å². The van der Waals surface area contributed by atoms with Crippen molar-refractivity contribution in [2.24, 2.45) is 5.92 Å². The Bertz CT molecular complexity index is 430. The van der Waals surface area contributed by atoms with Crippen LogP contribution >= 0.6 is 0 Å². The molecule has 3 amide bonds. The zero-order chi connectivity index (χ0) is 16.1. The lowest BCUT2D eigenvalue weighted by Crippen LogP contribution is -2.50. The van der Waals surface area contributed by atoms with Gasteiger partial charge in [-0.1, -0.05) is 6.92 Å². The van der Waals surface area contributed by atoms with Gasteiger partial charge in [-0.3, -0.25) is 14.4 Å². The van der Waals surface area contributed by atoms with Gasteiger partial charge in [0.2, 0.25) is 17.7 Å². The first-order valence-corrected chi connectivity index (χ1v) is 8.31. The molecule has 1 unspecified atom stereocenters. The molecule has 2 fully saturated rings. The summed E-state index contributed by atoms with van der Waals surface area (Å²) in [6, 6.07) is -0.293. The molecule has 1 atom stereocenters. The molecule has 6 heteroatoms. The summed E-state index contributed by atoms with van der Waals surface area (Å²) in [5, 5.41) is 2.63. The van der Waals surface area contributed by atoms with Gasteiger partial charge in [0.05, 0.1) is 0 Å². The molecule has 2 heterocycles. The molecule has 22 heavy (non-hydrogen) atoms. The monoisotopic (exact) mass is 309 g/mol. The fraction of sp³-hybridized carbons (Fsp3) is 0.812. The standard InChI is InChI=1S/C16H27N3O3/c1-12-6-10-18(11-7-12)16(22)14-4-3-9-19(14)15(21)5-8-17-13(2)20/h12,14H,3-11H2,1-2H3,(H,17,20). The average Bonchev–Trinajstić information content (AvgIpc) is 2.96. The van der Waals surface area contributed by atoms with Gasteiger partial charge in [0.15, 0.2) is 0 Å². The molecule has 2 saturated heterocycles. The van der Waals surface area contributed by atoms with E-state index in [2.05, 4.69) is 12.2 Å². The van der Waals surface area contributed by atoms with Crippen molar-refractivity contribution >= 4 is 17.7 Å². The molecule has 0 spiro atoms. The van der Waals surface area contributed by atoms with Crippen molar-refractivity contribution in [3.05, 3.63) is 0 Å². The topological polar surface area (TPSA) is 69.7 Å². The lowest BCUT2D eigenvalue weighted by molar-refractivity contribution is -0.144. The van der Waals surface area contributed by atoms with Gasteiger partial charge >= 0.3 is 0 Å². The minimum atomic E-state index is -0.293. The highest BCUT2D eigenvalue weighted by molar-refractivity contribution is 5.88. The third kappa shape index (κ3) is 4.21. The molecule has 0 aromatic rings. The Morgan fingerprint density at radius 1 is 1.09 bits per heavy atom. The summed E-state index contributed by atoms with van der Waals surface area (Å²) in [7, 11) is 0. The Morgan fingerprint density at radius 2 is 1.77 bits per heavy atom. The molecule has 0 aromatic carbocycles. The Balaban J connectivity index is 1.87. The van der Waals surface area contributed by atoms with E-state index in [1.807, 2.05) is 4.90 Å². The predicted octanol–water partition coefficient (Wildman–Crippen LogP) is 0.762. The molecule has 0 bridgehead atoms. The van der Waals surface area contributed by atoms with E-state index in [0.717, 1.165) is 38.8 Å². The van der Waals surface area contributed by atoms with E-state index in [1.165, 1.54) is 6.92 Å². The number of carbonyl (C=O) groups is 3. The van der Waals surface area contributed by atoms with Crippen LogP contribution < -0.4 is 5.32 Å². The highest BCUT2D eigenvalue weighted by Gasteiger charge is 2.36. The molecule has 2 rings (SSSR count). The first-order chi connectivity index (χ1) is 10.5. The second-order valence-corrected chi connectivity index (χ2v) is 6.49. The molecule has 124 valence electrons. The summed E-state index contributed by atoms with van der Waals surface area (Å²) in [5.74, 6) is 0.625. The van der Waals surface area contributed by atoms with Gasteiger partial charge < -0.3 is 15.1 Å². The normalized spacial score (nSPS) is 22.7. The first kappa shape index (κ1) is 16.8. The third-order valence-corrected chi connectivity index (χ3v) is 4.67. The largest absolute Gasteiger partial charge is 0.356 e. The fourth-order valence-electron chi connectivity index (χ4n) is 3.25. The summed E-state index contributed by atoms with van der Waals surface area (Å²) in [6.07, 6.45) is 4.01. The van der Waals surface area contributed by atoms with Crippen LogP contribution in [0.5, 0.6) is 0 Å². The summed E-state index contributed by atoms with van der Waals surface area (Å²) >= 11 is 0. The molecule has 2 aliphatic rings. The number of carbonyl (C=O) groups excluding carboxylic acids is 3. The molecular weight excluding hydrogens is 282 g/mol. The van der Waals surface area contributed by atoms with Crippen molar-refractivity contribution < 1.29 is 14.4 Å². The van der Waals surface area contributed by atoms with Crippen molar-refractivity contribution in [3.63, 3.8) is 0 Å². The summed E-state index contributed by atoms with van der Waals surface area (Å²) in [6.45, 7) is 6.26. The van der Waals surface area contributed by atoms with E-state index in [9.17, 15) is 14.4 Å². The van der Waals surface area contributed by atoms with Crippen LogP contribution in [0.4, 0.5) is 0 Å². The maximum Gasteiger partial charge on any atom is 0.245 e. The fourth-order valence-corrected chi connectivity index (χ4v) is 3.25. The molecular formula is C16H27N3O3. The van der Waals surface area contributed by atoms with Crippen LogP contribution in [0.2, 0.25) is 0 Å². The van der Waals surface area contributed by atoms with Crippen molar-refractivity contribution in [1.29, 1.82) is 0 Å². The third-order valence-electron chi connectivity index (χ3n) is 4.67. The number of nitrogens with zero attached hydrogens (tertiary/aromatic N) is 2. The molecule has 0 radical (unpaired) electrons. The quantitative estimate of drug-likeness (QED) is 0.833. The van der Waals surface area contributed by atoms with Gasteiger partial charge in [-0.25, -0.2) is 0 Å². The van der Waals surface area contributed by atoms with E-state index in [0.29, 0.717) is 19.0 Å². The van der Waals surface area contributed by atoms with Gasteiger partial charge in [-0.05, 0) is 31.6 Å². The summed E-state index contributed by atoms with van der Waals surface area (Å²) in [4.78, 5) is 39.4. The molecule has 0 aliphatic carbocycles. The van der Waals surface area contributed by atoms with Crippen molar-refractivity contribution in [2.75, 3.05) is 26.2 Å². The number of nitrogens with one attached hydrogen (secondary N) is 1. The Kier molecular flexibility index (Phi) is 5.80. The van der Waals surface area contributed by atoms with Crippen LogP contribution in [0.3, 0.4) is 0 Å². The molecule has 1 N–H and O–H groups in total. The van der Waals surface area contributed by atoms with Crippen LogP contribution in [0, 0.1) is 5.92 Å². The summed E-state index contributed by atoms with van der Waals surface area (Å²) < 4.78 is 0. The van der Waals surface area contributed by atoms with Gasteiger partial charge in [0.1, 0.15) is 6.04 Å². The zero-order valence-electron chi connectivity index (χ0n) is 13.6. The van der Waals surface area contributed by atoms with Crippen LogP contribution in [0.15, 0.2) is 0 Å². The van der Waals surface area contributed by atoms with Crippen molar-refractivity contribution in [2.45, 2.75) is 52.0 Å². The van der Waals surface area contributed by atoms with E-state index in [4.69, 9.17) is 0 Å². The highest BCUT2D eigenvalue weighted by atomic mass is 16.2. The van der Waals surface area contributed by atoms with E-state index in [-0.39, 0.29) is 30.2 Å². The molecule has 0 aromatic heterocycles.